The van der Waals surface area contributed by atoms with E-state index >= 15 is 0 Å². The Bertz CT molecular complexity index is 572. The van der Waals surface area contributed by atoms with Gasteiger partial charge in [0.05, 0.1) is 5.69 Å². The summed E-state index contributed by atoms with van der Waals surface area (Å²) in [6.07, 6.45) is 6.56. The second-order valence-corrected chi connectivity index (χ2v) is 5.05. The van der Waals surface area contributed by atoms with Crippen LogP contribution in [0.5, 0.6) is 0 Å². The van der Waals surface area contributed by atoms with Crippen LogP contribution in [0.2, 0.25) is 0 Å². The summed E-state index contributed by atoms with van der Waals surface area (Å²) in [6.45, 7) is 0. The first-order chi connectivity index (χ1) is 9.36. The second kappa shape index (κ2) is 5.39. The van der Waals surface area contributed by atoms with Crippen LogP contribution >= 0.6 is 0 Å². The number of hydrogen-bond acceptors (Lipinski definition) is 3. The molecule has 3 nitrogen and oxygen atoms in total. The summed E-state index contributed by atoms with van der Waals surface area (Å²) in [7, 11) is 0. The summed E-state index contributed by atoms with van der Waals surface area (Å²) in [6, 6.07) is 9.28. The van der Waals surface area contributed by atoms with E-state index in [1.165, 1.54) is 12.8 Å². The van der Waals surface area contributed by atoms with Crippen LogP contribution in [0.15, 0.2) is 34.9 Å². The molecule has 3 heteroatoms. The van der Waals surface area contributed by atoms with E-state index in [2.05, 4.69) is 5.16 Å². The van der Waals surface area contributed by atoms with Crippen molar-refractivity contribution >= 4 is 5.78 Å². The van der Waals surface area contributed by atoms with Gasteiger partial charge in [0.25, 0.3) is 0 Å². The van der Waals surface area contributed by atoms with Crippen LogP contribution in [0.1, 0.15) is 53.1 Å². The molecule has 1 heterocycles. The third kappa shape index (κ3) is 2.46. The lowest BCUT2D eigenvalue weighted by atomic mass is 9.95. The first-order valence-electron chi connectivity index (χ1n) is 6.93. The summed E-state index contributed by atoms with van der Waals surface area (Å²) in [5.41, 5.74) is 2.69. The second-order valence-electron chi connectivity index (χ2n) is 5.05. The van der Waals surface area contributed by atoms with E-state index < -0.39 is 0 Å². The van der Waals surface area contributed by atoms with Gasteiger partial charge in [-0.3, -0.25) is 4.79 Å². The Morgan fingerprint density at radius 2 is 1.74 bits per heavy atom. The first-order valence-corrected chi connectivity index (χ1v) is 6.93. The van der Waals surface area contributed by atoms with Crippen molar-refractivity contribution in [3.05, 3.63) is 52.9 Å². The highest BCUT2D eigenvalue weighted by atomic mass is 16.5. The molecule has 0 aliphatic heterocycles. The monoisotopic (exact) mass is 255 g/mol. The van der Waals surface area contributed by atoms with Crippen molar-refractivity contribution in [1.29, 1.82) is 0 Å². The molecular formula is C16H17NO2. The summed E-state index contributed by atoms with van der Waals surface area (Å²) >= 11 is 0. The topological polar surface area (TPSA) is 43.1 Å². The quantitative estimate of drug-likeness (QED) is 0.770. The summed E-state index contributed by atoms with van der Waals surface area (Å²) < 4.78 is 5.35. The Morgan fingerprint density at radius 1 is 1.00 bits per heavy atom. The minimum absolute atomic E-state index is 0.0464. The van der Waals surface area contributed by atoms with Crippen molar-refractivity contribution in [2.45, 2.75) is 38.5 Å². The van der Waals surface area contributed by atoms with Gasteiger partial charge in [-0.1, -0.05) is 48.3 Å². The third-order valence-corrected chi connectivity index (χ3v) is 3.70. The van der Waals surface area contributed by atoms with E-state index in [9.17, 15) is 4.79 Å². The zero-order chi connectivity index (χ0) is 13.1. The number of ketones is 1. The predicted molar refractivity (Wildman–Crippen MR) is 72.3 cm³/mol. The number of rotatable bonds is 2. The molecule has 1 aliphatic carbocycles. The molecule has 1 aromatic heterocycles. The normalized spacial score (nSPS) is 15.4. The van der Waals surface area contributed by atoms with Crippen LogP contribution in [-0.4, -0.2) is 10.9 Å². The van der Waals surface area contributed by atoms with Crippen molar-refractivity contribution in [1.82, 2.24) is 5.16 Å². The highest BCUT2D eigenvalue weighted by Crippen LogP contribution is 2.24. The van der Waals surface area contributed by atoms with Gasteiger partial charge in [0.15, 0.2) is 0 Å². The van der Waals surface area contributed by atoms with Crippen LogP contribution in [0.4, 0.5) is 0 Å². The zero-order valence-electron chi connectivity index (χ0n) is 10.9. The Morgan fingerprint density at radius 3 is 2.53 bits per heavy atom. The molecule has 0 unspecified atom stereocenters. The highest BCUT2D eigenvalue weighted by molar-refractivity contribution is 6.08. The molecule has 0 saturated heterocycles. The number of aryl methyl sites for hydroxylation is 1. The minimum Gasteiger partial charge on any atom is -0.352 e. The number of nitrogens with zero attached hydrogens (tertiary/aromatic N) is 1. The molecule has 19 heavy (non-hydrogen) atoms. The molecule has 0 atom stereocenters. The SMILES string of the molecule is O=C(c1ccccc1)c1onc2c1CCCCCC2. The molecule has 0 bridgehead atoms. The molecule has 0 amide bonds. The van der Waals surface area contributed by atoms with Gasteiger partial charge in [-0.2, -0.15) is 0 Å². The summed E-state index contributed by atoms with van der Waals surface area (Å²) in [5, 5.41) is 4.11. The number of carbonyl (C=O) groups is 1. The van der Waals surface area contributed by atoms with Gasteiger partial charge < -0.3 is 4.52 Å². The van der Waals surface area contributed by atoms with Gasteiger partial charge in [0.2, 0.25) is 11.5 Å². The van der Waals surface area contributed by atoms with Crippen molar-refractivity contribution in [3.8, 4) is 0 Å². The molecule has 0 radical (unpaired) electrons. The standard InChI is InChI=1S/C16H17NO2/c18-15(12-8-4-3-5-9-12)16-13-10-6-1-2-7-11-14(13)17-19-16/h3-5,8-9H,1-2,6-7,10-11H2. The van der Waals surface area contributed by atoms with Crippen molar-refractivity contribution < 1.29 is 9.32 Å². The molecular weight excluding hydrogens is 238 g/mol. The van der Waals surface area contributed by atoms with Crippen molar-refractivity contribution in [2.24, 2.45) is 0 Å². The van der Waals surface area contributed by atoms with E-state index in [0.717, 1.165) is 36.9 Å². The van der Waals surface area contributed by atoms with Crippen molar-refractivity contribution in [2.75, 3.05) is 0 Å². The average Bonchev–Trinajstić information content (AvgIpc) is 2.81. The van der Waals surface area contributed by atoms with Crippen LogP contribution in [0.25, 0.3) is 0 Å². The van der Waals surface area contributed by atoms with E-state index in [-0.39, 0.29) is 5.78 Å². The fourth-order valence-electron chi connectivity index (χ4n) is 2.64. The van der Waals surface area contributed by atoms with Gasteiger partial charge in [-0.15, -0.1) is 0 Å². The number of hydrogen-bond donors (Lipinski definition) is 0. The highest BCUT2D eigenvalue weighted by Gasteiger charge is 2.23. The molecule has 0 N–H and O–H groups in total. The Hall–Kier alpha value is -1.90. The maximum Gasteiger partial charge on any atom is 0.231 e. The van der Waals surface area contributed by atoms with Crippen LogP contribution < -0.4 is 0 Å². The van der Waals surface area contributed by atoms with E-state index in [1.807, 2.05) is 30.3 Å². The van der Waals surface area contributed by atoms with Crippen LogP contribution in [-0.2, 0) is 12.8 Å². The Kier molecular flexibility index (Phi) is 3.45. The predicted octanol–water partition coefficient (Wildman–Crippen LogP) is 3.56. The van der Waals surface area contributed by atoms with Gasteiger partial charge in [-0.05, 0) is 25.7 Å². The molecule has 1 aliphatic rings. The fraction of sp³-hybridized carbons (Fsp3) is 0.375. The van der Waals surface area contributed by atoms with E-state index in [1.54, 1.807) is 0 Å². The summed E-state index contributed by atoms with van der Waals surface area (Å²) in [5.74, 6) is 0.401. The van der Waals surface area contributed by atoms with Gasteiger partial charge in [0.1, 0.15) is 0 Å². The number of aromatic nitrogens is 1. The lowest BCUT2D eigenvalue weighted by Crippen LogP contribution is -2.06. The third-order valence-electron chi connectivity index (χ3n) is 3.70. The molecule has 98 valence electrons. The molecule has 0 fully saturated rings. The lowest BCUT2D eigenvalue weighted by molar-refractivity contribution is 0.0999. The zero-order valence-corrected chi connectivity index (χ0v) is 10.9. The first kappa shape index (κ1) is 12.2. The Labute approximate surface area is 112 Å². The van der Waals surface area contributed by atoms with Crippen molar-refractivity contribution in [3.63, 3.8) is 0 Å². The van der Waals surface area contributed by atoms with Gasteiger partial charge in [0, 0.05) is 11.1 Å². The Balaban J connectivity index is 1.95. The average molecular weight is 255 g/mol. The van der Waals surface area contributed by atoms with E-state index in [4.69, 9.17) is 4.52 Å². The number of fused-ring (bicyclic) bond motifs is 1. The van der Waals surface area contributed by atoms with Gasteiger partial charge in [-0.25, -0.2) is 0 Å². The van der Waals surface area contributed by atoms with E-state index in [0.29, 0.717) is 11.3 Å². The largest absolute Gasteiger partial charge is 0.352 e. The molecule has 2 aromatic rings. The smallest absolute Gasteiger partial charge is 0.231 e. The molecule has 0 spiro atoms. The van der Waals surface area contributed by atoms with Crippen LogP contribution in [0, 0.1) is 0 Å². The summed E-state index contributed by atoms with van der Waals surface area (Å²) in [4.78, 5) is 12.4. The molecule has 1 aromatic carbocycles. The van der Waals surface area contributed by atoms with Gasteiger partial charge >= 0.3 is 0 Å². The maximum absolute atomic E-state index is 12.4. The minimum atomic E-state index is -0.0464. The number of benzene rings is 1. The molecule has 0 saturated carbocycles. The van der Waals surface area contributed by atoms with Crippen LogP contribution in [0.3, 0.4) is 0 Å². The lowest BCUT2D eigenvalue weighted by Gasteiger charge is -2.08. The molecule has 3 rings (SSSR count). The fourth-order valence-corrected chi connectivity index (χ4v) is 2.64. The maximum atomic E-state index is 12.4. The number of carbonyl (C=O) groups excluding carboxylic acids is 1.